The molecule has 1 aliphatic heterocycles. The summed E-state index contributed by atoms with van der Waals surface area (Å²) < 4.78 is 5.52. The molecule has 1 saturated heterocycles. The Kier molecular flexibility index (Phi) is 4.49. The molecule has 1 aromatic heterocycles. The van der Waals surface area contributed by atoms with E-state index in [0.29, 0.717) is 29.4 Å². The number of ether oxygens (including phenoxy) is 1. The minimum Gasteiger partial charge on any atom is -0.493 e. The second-order valence-corrected chi connectivity index (χ2v) is 5.94. The number of likely N-dealkylation sites (tertiary alicyclic amines) is 1. The van der Waals surface area contributed by atoms with Crippen molar-refractivity contribution in [2.24, 2.45) is 0 Å². The van der Waals surface area contributed by atoms with E-state index in [1.54, 1.807) is 29.2 Å². The van der Waals surface area contributed by atoms with E-state index >= 15 is 0 Å². The standard InChI is InChI=1S/C15H17ClN4O3/c16-11-2-1-3-12(8-11)23-7-4-14(21)20-6-5-15(22,10-20)13-9-17-19-18-13/h1-3,8-9,22H,4-7,10H2,(H,17,18,19). The topological polar surface area (TPSA) is 91.3 Å². The van der Waals surface area contributed by atoms with Crippen LogP contribution in [0.4, 0.5) is 0 Å². The number of aromatic nitrogens is 3. The number of carbonyl (C=O) groups excluding carboxylic acids is 1. The maximum atomic E-state index is 12.2. The highest BCUT2D eigenvalue weighted by atomic mass is 35.5. The lowest BCUT2D eigenvalue weighted by Gasteiger charge is -2.21. The molecule has 1 amide bonds. The summed E-state index contributed by atoms with van der Waals surface area (Å²) in [5.41, 5.74) is -0.667. The lowest BCUT2D eigenvalue weighted by molar-refractivity contribution is -0.131. The average molecular weight is 337 g/mol. The zero-order valence-corrected chi connectivity index (χ0v) is 13.2. The normalized spacial score (nSPS) is 20.7. The van der Waals surface area contributed by atoms with Gasteiger partial charge in [0.15, 0.2) is 0 Å². The van der Waals surface area contributed by atoms with E-state index < -0.39 is 5.60 Å². The molecule has 122 valence electrons. The van der Waals surface area contributed by atoms with Crippen molar-refractivity contribution in [1.29, 1.82) is 0 Å². The highest BCUT2D eigenvalue weighted by Crippen LogP contribution is 2.30. The number of rotatable bonds is 5. The van der Waals surface area contributed by atoms with Gasteiger partial charge < -0.3 is 14.7 Å². The third-order valence-corrected chi connectivity index (χ3v) is 4.11. The van der Waals surface area contributed by atoms with E-state index in [2.05, 4.69) is 15.4 Å². The third-order valence-electron chi connectivity index (χ3n) is 3.87. The van der Waals surface area contributed by atoms with E-state index in [4.69, 9.17) is 16.3 Å². The molecular weight excluding hydrogens is 320 g/mol. The molecule has 23 heavy (non-hydrogen) atoms. The van der Waals surface area contributed by atoms with Crippen molar-refractivity contribution < 1.29 is 14.6 Å². The molecule has 1 atom stereocenters. The fourth-order valence-corrected chi connectivity index (χ4v) is 2.79. The quantitative estimate of drug-likeness (QED) is 0.860. The number of aliphatic hydroxyl groups is 1. The van der Waals surface area contributed by atoms with Crippen molar-refractivity contribution >= 4 is 17.5 Å². The summed E-state index contributed by atoms with van der Waals surface area (Å²) in [6.07, 6.45) is 2.16. The van der Waals surface area contributed by atoms with Crippen molar-refractivity contribution in [2.45, 2.75) is 18.4 Å². The van der Waals surface area contributed by atoms with Crippen LogP contribution in [-0.2, 0) is 10.4 Å². The average Bonchev–Trinajstić information content (AvgIpc) is 3.17. The van der Waals surface area contributed by atoms with Crippen LogP contribution >= 0.6 is 11.6 Å². The Morgan fingerprint density at radius 2 is 2.39 bits per heavy atom. The van der Waals surface area contributed by atoms with Gasteiger partial charge in [0.25, 0.3) is 0 Å². The second-order valence-electron chi connectivity index (χ2n) is 5.51. The Bertz CT molecular complexity index is 679. The van der Waals surface area contributed by atoms with Crippen LogP contribution in [0.3, 0.4) is 0 Å². The first-order valence-corrected chi connectivity index (χ1v) is 7.69. The van der Waals surface area contributed by atoms with Gasteiger partial charge in [0.05, 0.1) is 25.8 Å². The molecule has 1 aromatic carbocycles. The molecular formula is C15H17ClN4O3. The van der Waals surface area contributed by atoms with Crippen LogP contribution < -0.4 is 4.74 Å². The summed E-state index contributed by atoms with van der Waals surface area (Å²) in [6, 6.07) is 7.03. The van der Waals surface area contributed by atoms with Crippen LogP contribution in [0, 0.1) is 0 Å². The van der Waals surface area contributed by atoms with Gasteiger partial charge in [-0.2, -0.15) is 15.4 Å². The van der Waals surface area contributed by atoms with Gasteiger partial charge in [0.1, 0.15) is 17.0 Å². The molecule has 1 fully saturated rings. The monoisotopic (exact) mass is 336 g/mol. The minimum atomic E-state index is -1.13. The van der Waals surface area contributed by atoms with E-state index in [-0.39, 0.29) is 25.5 Å². The highest BCUT2D eigenvalue weighted by molar-refractivity contribution is 6.30. The van der Waals surface area contributed by atoms with E-state index in [1.165, 1.54) is 6.20 Å². The molecule has 7 nitrogen and oxygen atoms in total. The molecule has 0 spiro atoms. The fraction of sp³-hybridized carbons (Fsp3) is 0.400. The molecule has 1 aliphatic rings. The molecule has 2 aromatic rings. The molecule has 0 saturated carbocycles. The van der Waals surface area contributed by atoms with Crippen molar-refractivity contribution in [1.82, 2.24) is 20.3 Å². The Morgan fingerprint density at radius 1 is 1.52 bits per heavy atom. The smallest absolute Gasteiger partial charge is 0.226 e. The summed E-state index contributed by atoms with van der Waals surface area (Å²) in [6.45, 7) is 0.965. The van der Waals surface area contributed by atoms with Gasteiger partial charge in [0, 0.05) is 18.0 Å². The summed E-state index contributed by atoms with van der Waals surface area (Å²) in [5, 5.41) is 21.2. The van der Waals surface area contributed by atoms with Gasteiger partial charge in [-0.15, -0.1) is 0 Å². The van der Waals surface area contributed by atoms with Crippen LogP contribution in [-0.4, -0.2) is 51.0 Å². The zero-order chi connectivity index (χ0) is 16.3. The van der Waals surface area contributed by atoms with Crippen LogP contribution in [0.25, 0.3) is 0 Å². The Hall–Kier alpha value is -2.12. The van der Waals surface area contributed by atoms with Gasteiger partial charge in [0.2, 0.25) is 5.91 Å². The minimum absolute atomic E-state index is 0.0635. The predicted molar refractivity (Wildman–Crippen MR) is 83.0 cm³/mol. The van der Waals surface area contributed by atoms with E-state index in [1.807, 2.05) is 0 Å². The number of amides is 1. The predicted octanol–water partition coefficient (Wildman–Crippen LogP) is 1.35. The number of halogens is 1. The summed E-state index contributed by atoms with van der Waals surface area (Å²) in [5.74, 6) is 0.567. The van der Waals surface area contributed by atoms with Crippen molar-refractivity contribution in [3.05, 3.63) is 41.2 Å². The van der Waals surface area contributed by atoms with Crippen LogP contribution in [0.5, 0.6) is 5.75 Å². The lowest BCUT2D eigenvalue weighted by atomic mass is 10.0. The molecule has 0 bridgehead atoms. The van der Waals surface area contributed by atoms with Crippen molar-refractivity contribution in [3.63, 3.8) is 0 Å². The Morgan fingerprint density at radius 3 is 3.13 bits per heavy atom. The molecule has 1 unspecified atom stereocenters. The number of carbonyl (C=O) groups is 1. The summed E-state index contributed by atoms with van der Waals surface area (Å²) in [4.78, 5) is 13.8. The molecule has 2 heterocycles. The SMILES string of the molecule is O=C(CCOc1cccc(Cl)c1)N1CCC(O)(c2cn[nH]n2)C1. The van der Waals surface area contributed by atoms with Crippen molar-refractivity contribution in [3.8, 4) is 5.75 Å². The summed E-state index contributed by atoms with van der Waals surface area (Å²) in [7, 11) is 0. The largest absolute Gasteiger partial charge is 0.493 e. The molecule has 0 aliphatic carbocycles. The molecule has 3 rings (SSSR count). The van der Waals surface area contributed by atoms with Gasteiger partial charge >= 0.3 is 0 Å². The number of nitrogens with one attached hydrogen (secondary N) is 1. The van der Waals surface area contributed by atoms with Crippen LogP contribution in [0.15, 0.2) is 30.5 Å². The second kappa shape index (κ2) is 6.55. The maximum absolute atomic E-state index is 12.2. The Labute approximate surface area is 138 Å². The number of hydrogen-bond acceptors (Lipinski definition) is 5. The molecule has 2 N–H and O–H groups in total. The summed E-state index contributed by atoms with van der Waals surface area (Å²) >= 11 is 5.87. The first kappa shape index (κ1) is 15.8. The number of β-amino-alcohol motifs (C(OH)–C–C–N with tert-alkyl or cyclic N) is 1. The van der Waals surface area contributed by atoms with E-state index in [0.717, 1.165) is 0 Å². The molecule has 8 heteroatoms. The number of hydrogen-bond donors (Lipinski definition) is 2. The Balaban J connectivity index is 1.50. The highest BCUT2D eigenvalue weighted by Gasteiger charge is 2.41. The number of nitrogens with zero attached hydrogens (tertiary/aromatic N) is 3. The van der Waals surface area contributed by atoms with Crippen molar-refractivity contribution in [2.75, 3.05) is 19.7 Å². The maximum Gasteiger partial charge on any atom is 0.226 e. The first-order valence-electron chi connectivity index (χ1n) is 7.32. The van der Waals surface area contributed by atoms with Gasteiger partial charge in [-0.25, -0.2) is 0 Å². The van der Waals surface area contributed by atoms with Gasteiger partial charge in [-0.1, -0.05) is 17.7 Å². The van der Waals surface area contributed by atoms with E-state index in [9.17, 15) is 9.90 Å². The third kappa shape index (κ3) is 3.62. The molecule has 0 radical (unpaired) electrons. The number of aromatic amines is 1. The number of H-pyrrole nitrogens is 1. The number of benzene rings is 1. The van der Waals surface area contributed by atoms with Gasteiger partial charge in [-0.05, 0) is 18.2 Å². The first-order chi connectivity index (χ1) is 11.1. The van der Waals surface area contributed by atoms with Crippen LogP contribution in [0.2, 0.25) is 5.02 Å². The fourth-order valence-electron chi connectivity index (χ4n) is 2.61. The zero-order valence-electron chi connectivity index (χ0n) is 12.4. The lowest BCUT2D eigenvalue weighted by Crippen LogP contribution is -2.35. The van der Waals surface area contributed by atoms with Gasteiger partial charge in [-0.3, -0.25) is 4.79 Å². The van der Waals surface area contributed by atoms with Crippen LogP contribution in [0.1, 0.15) is 18.5 Å².